The number of aromatic nitrogens is 3. The molecule has 0 aliphatic rings. The molecule has 0 saturated heterocycles. The maximum absolute atomic E-state index is 13.1. The Kier molecular flexibility index (Phi) is 2.91. The SMILES string of the molecule is CCc1c(N)nnn1-c1ccc(F)c(Br)c1. The molecule has 0 amide bonds. The average Bonchev–Trinajstić information content (AvgIpc) is 2.63. The lowest BCUT2D eigenvalue weighted by atomic mass is 10.3. The molecule has 0 bridgehead atoms. The summed E-state index contributed by atoms with van der Waals surface area (Å²) in [6.45, 7) is 1.96. The minimum Gasteiger partial charge on any atom is -0.381 e. The summed E-state index contributed by atoms with van der Waals surface area (Å²) in [5.74, 6) is 0.0952. The van der Waals surface area contributed by atoms with E-state index in [0.29, 0.717) is 16.7 Å². The number of nitrogens with zero attached hydrogens (tertiary/aromatic N) is 3. The highest BCUT2D eigenvalue weighted by molar-refractivity contribution is 9.10. The second-order valence-electron chi connectivity index (χ2n) is 3.29. The van der Waals surface area contributed by atoms with Crippen LogP contribution in [-0.4, -0.2) is 15.0 Å². The van der Waals surface area contributed by atoms with Crippen LogP contribution in [-0.2, 0) is 6.42 Å². The zero-order valence-electron chi connectivity index (χ0n) is 8.61. The maximum atomic E-state index is 13.1. The van der Waals surface area contributed by atoms with Crippen molar-refractivity contribution in [2.24, 2.45) is 0 Å². The van der Waals surface area contributed by atoms with Gasteiger partial charge in [0, 0.05) is 0 Å². The summed E-state index contributed by atoms with van der Waals surface area (Å²) in [6.07, 6.45) is 0.716. The Morgan fingerprint density at radius 3 is 2.88 bits per heavy atom. The smallest absolute Gasteiger partial charge is 0.169 e. The van der Waals surface area contributed by atoms with Crippen molar-refractivity contribution in [3.63, 3.8) is 0 Å². The number of halogens is 2. The lowest BCUT2D eigenvalue weighted by molar-refractivity contribution is 0.619. The monoisotopic (exact) mass is 284 g/mol. The van der Waals surface area contributed by atoms with Gasteiger partial charge in [0.05, 0.1) is 15.9 Å². The molecule has 0 radical (unpaired) electrons. The highest BCUT2D eigenvalue weighted by Crippen LogP contribution is 2.21. The summed E-state index contributed by atoms with van der Waals surface area (Å²) < 4.78 is 15.1. The standard InChI is InChI=1S/C10H10BrFN4/c1-2-9-10(13)14-15-16(9)6-3-4-8(12)7(11)5-6/h3-5H,2,13H2,1H3. The molecular weight excluding hydrogens is 275 g/mol. The van der Waals surface area contributed by atoms with Gasteiger partial charge in [-0.2, -0.15) is 0 Å². The Morgan fingerprint density at radius 2 is 2.25 bits per heavy atom. The van der Waals surface area contributed by atoms with Gasteiger partial charge in [-0.15, -0.1) is 5.10 Å². The van der Waals surface area contributed by atoms with Gasteiger partial charge in [-0.1, -0.05) is 12.1 Å². The molecule has 84 valence electrons. The van der Waals surface area contributed by atoms with Crippen molar-refractivity contribution >= 4 is 21.7 Å². The van der Waals surface area contributed by atoms with Crippen LogP contribution in [0.4, 0.5) is 10.2 Å². The minimum atomic E-state index is -0.310. The summed E-state index contributed by atoms with van der Waals surface area (Å²) in [4.78, 5) is 0. The lowest BCUT2D eigenvalue weighted by Crippen LogP contribution is -2.03. The Hall–Kier alpha value is -1.43. The van der Waals surface area contributed by atoms with E-state index < -0.39 is 0 Å². The van der Waals surface area contributed by atoms with Gasteiger partial charge < -0.3 is 5.73 Å². The number of nitrogen functional groups attached to an aromatic ring is 1. The maximum Gasteiger partial charge on any atom is 0.169 e. The fourth-order valence-corrected chi connectivity index (χ4v) is 1.83. The van der Waals surface area contributed by atoms with Crippen LogP contribution in [0.1, 0.15) is 12.6 Å². The summed E-state index contributed by atoms with van der Waals surface area (Å²) in [6, 6.07) is 4.65. The van der Waals surface area contributed by atoms with Gasteiger partial charge in [0.2, 0.25) is 0 Å². The highest BCUT2D eigenvalue weighted by Gasteiger charge is 2.10. The lowest BCUT2D eigenvalue weighted by Gasteiger charge is -2.05. The van der Waals surface area contributed by atoms with Gasteiger partial charge in [-0.05, 0) is 40.5 Å². The molecule has 1 aromatic heterocycles. The molecule has 0 saturated carbocycles. The first-order valence-corrected chi connectivity index (χ1v) is 5.58. The van der Waals surface area contributed by atoms with Crippen molar-refractivity contribution in [2.75, 3.05) is 5.73 Å². The van der Waals surface area contributed by atoms with Crippen molar-refractivity contribution < 1.29 is 4.39 Å². The second kappa shape index (κ2) is 4.21. The van der Waals surface area contributed by atoms with Crippen LogP contribution >= 0.6 is 15.9 Å². The molecule has 4 nitrogen and oxygen atoms in total. The molecule has 2 N–H and O–H groups in total. The van der Waals surface area contributed by atoms with Gasteiger partial charge in [-0.25, -0.2) is 9.07 Å². The molecule has 0 aliphatic carbocycles. The topological polar surface area (TPSA) is 56.7 Å². The molecule has 0 unspecified atom stereocenters. The number of benzene rings is 1. The highest BCUT2D eigenvalue weighted by atomic mass is 79.9. The Bertz CT molecular complexity index is 524. The molecule has 1 aromatic carbocycles. The van der Waals surface area contributed by atoms with E-state index in [2.05, 4.69) is 26.2 Å². The molecular formula is C10H10BrFN4. The van der Waals surface area contributed by atoms with Gasteiger partial charge in [-0.3, -0.25) is 0 Å². The van der Waals surface area contributed by atoms with Crippen LogP contribution in [0.15, 0.2) is 22.7 Å². The van der Waals surface area contributed by atoms with Crippen LogP contribution in [0, 0.1) is 5.82 Å². The predicted octanol–water partition coefficient (Wildman–Crippen LogP) is 2.31. The average molecular weight is 285 g/mol. The molecule has 0 atom stereocenters. The minimum absolute atomic E-state index is 0.310. The third-order valence-electron chi connectivity index (χ3n) is 2.28. The molecule has 2 rings (SSSR count). The van der Waals surface area contributed by atoms with Crippen molar-refractivity contribution in [3.05, 3.63) is 34.2 Å². The van der Waals surface area contributed by atoms with Gasteiger partial charge in [0.15, 0.2) is 5.82 Å². The fourth-order valence-electron chi connectivity index (χ4n) is 1.47. The molecule has 2 aromatic rings. The van der Waals surface area contributed by atoms with E-state index in [0.717, 1.165) is 11.4 Å². The normalized spacial score (nSPS) is 10.7. The van der Waals surface area contributed by atoms with E-state index in [9.17, 15) is 4.39 Å². The van der Waals surface area contributed by atoms with E-state index in [1.165, 1.54) is 6.07 Å². The molecule has 6 heteroatoms. The largest absolute Gasteiger partial charge is 0.381 e. The zero-order chi connectivity index (χ0) is 11.7. The van der Waals surface area contributed by atoms with E-state index in [4.69, 9.17) is 5.73 Å². The molecule has 0 aliphatic heterocycles. The Balaban J connectivity index is 2.54. The first-order valence-electron chi connectivity index (χ1n) is 4.79. The third-order valence-corrected chi connectivity index (χ3v) is 2.88. The number of rotatable bonds is 2. The summed E-state index contributed by atoms with van der Waals surface area (Å²) >= 11 is 3.13. The molecule has 1 heterocycles. The van der Waals surface area contributed by atoms with E-state index in [-0.39, 0.29) is 5.82 Å². The van der Waals surface area contributed by atoms with E-state index >= 15 is 0 Å². The second-order valence-corrected chi connectivity index (χ2v) is 4.14. The number of hydrogen-bond acceptors (Lipinski definition) is 3. The Labute approximate surface area is 100 Å². The van der Waals surface area contributed by atoms with Gasteiger partial charge in [0.25, 0.3) is 0 Å². The zero-order valence-corrected chi connectivity index (χ0v) is 10.2. The van der Waals surface area contributed by atoms with E-state index in [1.807, 2.05) is 6.92 Å². The van der Waals surface area contributed by atoms with Crippen LogP contribution in [0.5, 0.6) is 0 Å². The first-order chi connectivity index (χ1) is 7.63. The van der Waals surface area contributed by atoms with Crippen LogP contribution in [0.3, 0.4) is 0 Å². The van der Waals surface area contributed by atoms with Gasteiger partial charge >= 0.3 is 0 Å². The van der Waals surface area contributed by atoms with Crippen molar-refractivity contribution in [3.8, 4) is 5.69 Å². The quantitative estimate of drug-likeness (QED) is 0.921. The van der Waals surface area contributed by atoms with E-state index in [1.54, 1.807) is 16.8 Å². The van der Waals surface area contributed by atoms with Crippen LogP contribution in [0.2, 0.25) is 0 Å². The van der Waals surface area contributed by atoms with Crippen LogP contribution in [0.25, 0.3) is 5.69 Å². The summed E-state index contributed by atoms with van der Waals surface area (Å²) in [7, 11) is 0. The molecule has 0 fully saturated rings. The van der Waals surface area contributed by atoms with Crippen molar-refractivity contribution in [2.45, 2.75) is 13.3 Å². The number of hydrogen-bond donors (Lipinski definition) is 1. The third kappa shape index (κ3) is 1.80. The number of anilines is 1. The van der Waals surface area contributed by atoms with Crippen LogP contribution < -0.4 is 5.73 Å². The first kappa shape index (κ1) is 11.1. The summed E-state index contributed by atoms with van der Waals surface area (Å²) in [5.41, 5.74) is 7.23. The van der Waals surface area contributed by atoms with Gasteiger partial charge in [0.1, 0.15) is 5.82 Å². The number of nitrogens with two attached hydrogens (primary N) is 1. The van der Waals surface area contributed by atoms with Crippen molar-refractivity contribution in [1.82, 2.24) is 15.0 Å². The fraction of sp³-hybridized carbons (Fsp3) is 0.200. The Morgan fingerprint density at radius 1 is 1.50 bits per heavy atom. The predicted molar refractivity (Wildman–Crippen MR) is 62.8 cm³/mol. The molecule has 0 spiro atoms. The van der Waals surface area contributed by atoms with Crippen molar-refractivity contribution in [1.29, 1.82) is 0 Å². The summed E-state index contributed by atoms with van der Waals surface area (Å²) in [5, 5.41) is 7.72. The molecule has 16 heavy (non-hydrogen) atoms.